The summed E-state index contributed by atoms with van der Waals surface area (Å²) in [7, 11) is -3.92. The Morgan fingerprint density at radius 3 is 1.44 bits per heavy atom. The molecular formula is C33H46OSi2. The maximum atomic E-state index is 11.8. The summed E-state index contributed by atoms with van der Waals surface area (Å²) in [5.74, 6) is 0.574. The average molecular weight is 515 g/mol. The lowest BCUT2D eigenvalue weighted by Gasteiger charge is -2.35. The lowest BCUT2D eigenvalue weighted by atomic mass is 9.85. The van der Waals surface area contributed by atoms with Gasteiger partial charge in [0.05, 0.1) is 16.1 Å². The second-order valence-corrected chi connectivity index (χ2v) is 24.3. The Morgan fingerprint density at radius 1 is 0.639 bits per heavy atom. The molecule has 192 valence electrons. The monoisotopic (exact) mass is 514 g/mol. The molecule has 0 atom stereocenters. The van der Waals surface area contributed by atoms with Crippen LogP contribution in [-0.2, 0) is 10.8 Å². The third-order valence-corrected chi connectivity index (χ3v) is 14.1. The Kier molecular flexibility index (Phi) is 6.33. The molecule has 0 saturated heterocycles. The van der Waals surface area contributed by atoms with E-state index in [1.807, 2.05) is 0 Å². The van der Waals surface area contributed by atoms with Gasteiger partial charge >= 0.3 is 0 Å². The highest BCUT2D eigenvalue weighted by molar-refractivity contribution is 6.94. The SMILES string of the molecule is Cc1cc([Si](C)(C)C)c(O)c([Si](C)(C)C2c3cc(C(C)(C)C)ccc3-c3ccc(C(C)(C)C)cc32)c1. The molecule has 0 fully saturated rings. The van der Waals surface area contributed by atoms with Gasteiger partial charge in [0.1, 0.15) is 5.75 Å². The van der Waals surface area contributed by atoms with E-state index in [0.717, 1.165) is 0 Å². The number of aryl methyl sites for hydroxylation is 1. The van der Waals surface area contributed by atoms with Crippen molar-refractivity contribution in [1.82, 2.24) is 0 Å². The van der Waals surface area contributed by atoms with Gasteiger partial charge in [-0.1, -0.05) is 128 Å². The Labute approximate surface area is 222 Å². The van der Waals surface area contributed by atoms with Crippen molar-refractivity contribution in [2.75, 3.05) is 0 Å². The van der Waals surface area contributed by atoms with E-state index < -0.39 is 16.1 Å². The molecule has 3 heteroatoms. The topological polar surface area (TPSA) is 20.2 Å². The summed E-state index contributed by atoms with van der Waals surface area (Å²) in [6, 6.07) is 18.9. The standard InChI is InChI=1S/C33H46OSi2/c1-21-17-28(35(8,9)10)30(34)29(18-21)36(11,12)31-26-19-22(32(2,3)4)13-15-24(26)25-16-14-23(20-27(25)31)33(5,6)7/h13-20,31,34H,1-12H3. The number of hydrogen-bond acceptors (Lipinski definition) is 1. The molecule has 4 rings (SSSR count). The van der Waals surface area contributed by atoms with E-state index >= 15 is 0 Å². The van der Waals surface area contributed by atoms with E-state index in [9.17, 15) is 5.11 Å². The summed E-state index contributed by atoms with van der Waals surface area (Å²) < 4.78 is 0. The van der Waals surface area contributed by atoms with Gasteiger partial charge in [0.2, 0.25) is 0 Å². The number of phenolic OH excluding ortho intramolecular Hbond substituents is 1. The molecule has 0 saturated carbocycles. The van der Waals surface area contributed by atoms with Gasteiger partial charge in [-0.2, -0.15) is 0 Å². The van der Waals surface area contributed by atoms with Crippen LogP contribution in [0, 0.1) is 6.92 Å². The minimum Gasteiger partial charge on any atom is -0.508 e. The Balaban J connectivity index is 2.04. The van der Waals surface area contributed by atoms with Gasteiger partial charge in [-0.3, -0.25) is 0 Å². The fourth-order valence-corrected chi connectivity index (χ4v) is 11.3. The molecule has 0 aliphatic heterocycles. The Hall–Kier alpha value is -2.11. The summed E-state index contributed by atoms with van der Waals surface area (Å²) in [5.41, 5.74) is 10.2. The van der Waals surface area contributed by atoms with E-state index in [2.05, 4.69) is 130 Å². The van der Waals surface area contributed by atoms with Crippen LogP contribution in [0.2, 0.25) is 32.7 Å². The van der Waals surface area contributed by atoms with Crippen LogP contribution in [0.25, 0.3) is 11.1 Å². The van der Waals surface area contributed by atoms with Gasteiger partial charge in [0, 0.05) is 5.54 Å². The number of benzene rings is 3. The van der Waals surface area contributed by atoms with Crippen molar-refractivity contribution in [2.45, 2.75) is 97.6 Å². The van der Waals surface area contributed by atoms with Gasteiger partial charge in [-0.15, -0.1) is 0 Å². The van der Waals surface area contributed by atoms with Crippen LogP contribution in [-0.4, -0.2) is 21.3 Å². The summed E-state index contributed by atoms with van der Waals surface area (Å²) in [6.07, 6.45) is 0. The van der Waals surface area contributed by atoms with E-state index in [-0.39, 0.29) is 10.8 Å². The van der Waals surface area contributed by atoms with Crippen molar-refractivity contribution < 1.29 is 5.11 Å². The summed E-state index contributed by atoms with van der Waals surface area (Å²) in [4.78, 5) is 0. The number of fused-ring (bicyclic) bond motifs is 3. The lowest BCUT2D eigenvalue weighted by Crippen LogP contribution is -2.51. The fraction of sp³-hybridized carbons (Fsp3) is 0.455. The first kappa shape index (κ1) is 26.9. The van der Waals surface area contributed by atoms with Gasteiger partial charge < -0.3 is 5.11 Å². The molecule has 1 aliphatic carbocycles. The van der Waals surface area contributed by atoms with Gasteiger partial charge in [0.25, 0.3) is 0 Å². The van der Waals surface area contributed by atoms with Crippen LogP contribution in [0.1, 0.15) is 74.9 Å². The van der Waals surface area contributed by atoms with E-state index in [4.69, 9.17) is 0 Å². The molecule has 0 spiro atoms. The van der Waals surface area contributed by atoms with Crippen molar-refractivity contribution >= 4 is 26.5 Å². The highest BCUT2D eigenvalue weighted by atomic mass is 28.3. The molecular weight excluding hydrogens is 469 g/mol. The molecule has 0 heterocycles. The predicted octanol–water partition coefficient (Wildman–Crippen LogP) is 8.11. The molecule has 1 N–H and O–H groups in total. The first-order valence-electron chi connectivity index (χ1n) is 13.5. The number of hydrogen-bond donors (Lipinski definition) is 1. The van der Waals surface area contributed by atoms with Gasteiger partial charge in [-0.05, 0) is 61.5 Å². The molecule has 1 nitrogen and oxygen atoms in total. The van der Waals surface area contributed by atoms with Crippen molar-refractivity contribution in [3.05, 3.63) is 76.3 Å². The van der Waals surface area contributed by atoms with E-state index in [1.54, 1.807) is 0 Å². The highest BCUT2D eigenvalue weighted by Crippen LogP contribution is 2.51. The normalized spacial score (nSPS) is 14.7. The van der Waals surface area contributed by atoms with E-state index in [0.29, 0.717) is 11.3 Å². The van der Waals surface area contributed by atoms with Crippen LogP contribution in [0.4, 0.5) is 0 Å². The maximum Gasteiger partial charge on any atom is 0.114 e. The fourth-order valence-electron chi connectivity index (χ4n) is 5.97. The van der Waals surface area contributed by atoms with Crippen molar-refractivity contribution in [3.8, 4) is 16.9 Å². The molecule has 0 radical (unpaired) electrons. The minimum atomic E-state index is -2.23. The molecule has 3 aromatic rings. The number of phenols is 1. The molecule has 0 amide bonds. The third kappa shape index (κ3) is 4.54. The van der Waals surface area contributed by atoms with Crippen LogP contribution in [0.5, 0.6) is 5.75 Å². The zero-order valence-electron chi connectivity index (χ0n) is 24.6. The second kappa shape index (κ2) is 8.46. The van der Waals surface area contributed by atoms with Crippen LogP contribution in [0.15, 0.2) is 48.5 Å². The summed E-state index contributed by atoms with van der Waals surface area (Å²) in [5, 5.41) is 14.2. The van der Waals surface area contributed by atoms with Crippen molar-refractivity contribution in [1.29, 1.82) is 0 Å². The van der Waals surface area contributed by atoms with Gasteiger partial charge in [0.15, 0.2) is 0 Å². The van der Waals surface area contributed by atoms with E-state index in [1.165, 1.54) is 49.3 Å². The number of rotatable bonds is 3. The summed E-state index contributed by atoms with van der Waals surface area (Å²) >= 11 is 0. The molecule has 36 heavy (non-hydrogen) atoms. The number of aromatic hydroxyl groups is 1. The zero-order chi connectivity index (χ0) is 27.0. The molecule has 1 aliphatic rings. The highest BCUT2D eigenvalue weighted by Gasteiger charge is 2.45. The van der Waals surface area contributed by atoms with Crippen LogP contribution >= 0.6 is 0 Å². The van der Waals surface area contributed by atoms with Crippen LogP contribution in [0.3, 0.4) is 0 Å². The first-order valence-corrected chi connectivity index (χ1v) is 20.0. The minimum absolute atomic E-state index is 0.0904. The maximum absolute atomic E-state index is 11.8. The quantitative estimate of drug-likeness (QED) is 0.350. The predicted molar refractivity (Wildman–Crippen MR) is 164 cm³/mol. The summed E-state index contributed by atoms with van der Waals surface area (Å²) in [6.45, 7) is 28.0. The Bertz CT molecular complexity index is 1260. The first-order chi connectivity index (χ1) is 16.3. The zero-order valence-corrected chi connectivity index (χ0v) is 26.6. The second-order valence-electron chi connectivity index (χ2n) is 14.7. The van der Waals surface area contributed by atoms with Crippen molar-refractivity contribution in [3.63, 3.8) is 0 Å². The third-order valence-electron chi connectivity index (χ3n) is 8.23. The molecule has 0 aromatic heterocycles. The van der Waals surface area contributed by atoms with Crippen molar-refractivity contribution in [2.24, 2.45) is 0 Å². The largest absolute Gasteiger partial charge is 0.508 e. The smallest absolute Gasteiger partial charge is 0.114 e. The lowest BCUT2D eigenvalue weighted by molar-refractivity contribution is 0.482. The van der Waals surface area contributed by atoms with Gasteiger partial charge in [-0.25, -0.2) is 0 Å². The molecule has 3 aromatic carbocycles. The Morgan fingerprint density at radius 2 is 1.06 bits per heavy atom. The molecule has 0 bridgehead atoms. The molecule has 0 unspecified atom stereocenters. The average Bonchev–Trinajstić information content (AvgIpc) is 3.06. The van der Waals surface area contributed by atoms with Crippen LogP contribution < -0.4 is 10.4 Å².